The van der Waals surface area contributed by atoms with Crippen molar-refractivity contribution in [3.05, 3.63) is 35.9 Å². The van der Waals surface area contributed by atoms with E-state index < -0.39 is 5.97 Å². The Balaban J connectivity index is 2.61. The Kier molecular flexibility index (Phi) is 5.39. The maximum Gasteiger partial charge on any atom is 0.328 e. The normalized spacial score (nSPS) is 11.1. The third-order valence-electron chi connectivity index (χ3n) is 2.63. The van der Waals surface area contributed by atoms with Crippen LogP contribution < -0.4 is 4.90 Å². The molecular weight excluding hydrogens is 228 g/mol. The van der Waals surface area contributed by atoms with Crippen LogP contribution >= 0.6 is 0 Å². The van der Waals surface area contributed by atoms with Crippen LogP contribution in [0.15, 0.2) is 30.3 Å². The Morgan fingerprint density at radius 3 is 2.28 bits per heavy atom. The van der Waals surface area contributed by atoms with Gasteiger partial charge >= 0.3 is 5.97 Å². The first-order valence-electron chi connectivity index (χ1n) is 5.86. The second-order valence-corrected chi connectivity index (χ2v) is 4.49. The fourth-order valence-electron chi connectivity index (χ4n) is 1.49. The van der Waals surface area contributed by atoms with Crippen LogP contribution in [0.5, 0.6) is 0 Å². The van der Waals surface area contributed by atoms with E-state index in [4.69, 9.17) is 5.11 Å². The number of rotatable bonds is 6. The highest BCUT2D eigenvalue weighted by molar-refractivity contribution is 5.85. The van der Waals surface area contributed by atoms with Crippen LogP contribution in [0.4, 0.5) is 5.69 Å². The zero-order valence-electron chi connectivity index (χ0n) is 11.1. The van der Waals surface area contributed by atoms with E-state index in [1.165, 1.54) is 0 Å². The first-order valence-corrected chi connectivity index (χ1v) is 5.86. The van der Waals surface area contributed by atoms with Crippen molar-refractivity contribution in [3.63, 3.8) is 0 Å². The fraction of sp³-hybridized carbons (Fsp3) is 0.357. The minimum atomic E-state index is -0.929. The van der Waals surface area contributed by atoms with Crippen molar-refractivity contribution in [2.45, 2.75) is 0 Å². The van der Waals surface area contributed by atoms with Gasteiger partial charge in [-0.3, -0.25) is 0 Å². The number of likely N-dealkylation sites (N-methyl/N-ethyl adjacent to an activating group) is 2. The molecule has 0 radical (unpaired) electrons. The third-order valence-corrected chi connectivity index (χ3v) is 2.63. The lowest BCUT2D eigenvalue weighted by Crippen LogP contribution is -2.28. The van der Waals surface area contributed by atoms with Gasteiger partial charge in [0.25, 0.3) is 0 Å². The van der Waals surface area contributed by atoms with Crippen molar-refractivity contribution in [2.75, 3.05) is 39.1 Å². The average molecular weight is 248 g/mol. The topological polar surface area (TPSA) is 43.8 Å². The lowest BCUT2D eigenvalue weighted by atomic mass is 10.2. The molecule has 0 bridgehead atoms. The molecule has 1 aromatic rings. The van der Waals surface area contributed by atoms with Gasteiger partial charge in [-0.05, 0) is 37.9 Å². The molecule has 0 aromatic heterocycles. The molecule has 98 valence electrons. The monoisotopic (exact) mass is 248 g/mol. The van der Waals surface area contributed by atoms with Crippen molar-refractivity contribution in [1.29, 1.82) is 0 Å². The standard InChI is InChI=1S/C14H20N2O2/c1-15(2)10-11-16(3)13-7-4-12(5-8-13)6-9-14(17)18/h4-9H,10-11H2,1-3H3,(H,17,18)/b9-6+. The van der Waals surface area contributed by atoms with Gasteiger partial charge in [0, 0.05) is 31.9 Å². The minimum absolute atomic E-state index is 0.891. The lowest BCUT2D eigenvalue weighted by molar-refractivity contribution is -0.131. The van der Waals surface area contributed by atoms with Gasteiger partial charge in [-0.15, -0.1) is 0 Å². The summed E-state index contributed by atoms with van der Waals surface area (Å²) in [5.74, 6) is -0.929. The van der Waals surface area contributed by atoms with Crippen molar-refractivity contribution in [3.8, 4) is 0 Å². The maximum atomic E-state index is 10.4. The zero-order chi connectivity index (χ0) is 13.5. The number of carboxylic acids is 1. The summed E-state index contributed by atoms with van der Waals surface area (Å²) >= 11 is 0. The molecule has 18 heavy (non-hydrogen) atoms. The summed E-state index contributed by atoms with van der Waals surface area (Å²) in [5.41, 5.74) is 2.02. The van der Waals surface area contributed by atoms with Gasteiger partial charge in [-0.1, -0.05) is 12.1 Å². The molecule has 4 heteroatoms. The van der Waals surface area contributed by atoms with Crippen LogP contribution in [-0.2, 0) is 4.79 Å². The third kappa shape index (κ3) is 5.01. The highest BCUT2D eigenvalue weighted by atomic mass is 16.4. The fourth-order valence-corrected chi connectivity index (χ4v) is 1.49. The Morgan fingerprint density at radius 1 is 1.17 bits per heavy atom. The van der Waals surface area contributed by atoms with Crippen molar-refractivity contribution < 1.29 is 9.90 Å². The smallest absolute Gasteiger partial charge is 0.328 e. The van der Waals surface area contributed by atoms with E-state index in [-0.39, 0.29) is 0 Å². The Hall–Kier alpha value is -1.81. The average Bonchev–Trinajstić information content (AvgIpc) is 2.34. The number of hydrogen-bond donors (Lipinski definition) is 1. The van der Waals surface area contributed by atoms with Gasteiger partial charge in [0.2, 0.25) is 0 Å². The summed E-state index contributed by atoms with van der Waals surface area (Å²) < 4.78 is 0. The quantitative estimate of drug-likeness (QED) is 0.779. The molecule has 0 aliphatic carbocycles. The first-order chi connectivity index (χ1) is 8.49. The molecule has 0 unspecified atom stereocenters. The highest BCUT2D eigenvalue weighted by Gasteiger charge is 2.00. The van der Waals surface area contributed by atoms with Gasteiger partial charge < -0.3 is 14.9 Å². The molecule has 0 spiro atoms. The molecule has 0 heterocycles. The summed E-state index contributed by atoms with van der Waals surface area (Å²) in [6.07, 6.45) is 2.73. The van der Waals surface area contributed by atoms with Crippen molar-refractivity contribution in [2.24, 2.45) is 0 Å². The van der Waals surface area contributed by atoms with Crippen molar-refractivity contribution >= 4 is 17.7 Å². The second kappa shape index (κ2) is 6.81. The predicted octanol–water partition coefficient (Wildman–Crippen LogP) is 1.78. The van der Waals surface area contributed by atoms with Gasteiger partial charge in [0.15, 0.2) is 0 Å². The second-order valence-electron chi connectivity index (χ2n) is 4.49. The number of hydrogen-bond acceptors (Lipinski definition) is 3. The molecular formula is C14H20N2O2. The van der Waals surface area contributed by atoms with Crippen LogP contribution in [0.3, 0.4) is 0 Å². The maximum absolute atomic E-state index is 10.4. The van der Waals surface area contributed by atoms with E-state index in [2.05, 4.69) is 9.80 Å². The Bertz CT molecular complexity index is 410. The molecule has 0 aliphatic heterocycles. The lowest BCUT2D eigenvalue weighted by Gasteiger charge is -2.21. The van der Waals surface area contributed by atoms with E-state index in [0.29, 0.717) is 0 Å². The number of benzene rings is 1. The van der Waals surface area contributed by atoms with E-state index in [0.717, 1.165) is 30.4 Å². The zero-order valence-corrected chi connectivity index (χ0v) is 11.1. The largest absolute Gasteiger partial charge is 0.478 e. The van der Waals surface area contributed by atoms with Crippen LogP contribution in [0.1, 0.15) is 5.56 Å². The minimum Gasteiger partial charge on any atom is -0.478 e. The molecule has 0 aliphatic rings. The number of aliphatic carboxylic acids is 1. The van der Waals surface area contributed by atoms with Gasteiger partial charge in [-0.2, -0.15) is 0 Å². The van der Waals surface area contributed by atoms with Gasteiger partial charge in [0.05, 0.1) is 0 Å². The molecule has 4 nitrogen and oxygen atoms in total. The Labute approximate surface area is 108 Å². The summed E-state index contributed by atoms with van der Waals surface area (Å²) in [5, 5.41) is 8.54. The van der Waals surface area contributed by atoms with E-state index in [1.54, 1.807) is 6.08 Å². The molecule has 0 fully saturated rings. The summed E-state index contributed by atoms with van der Waals surface area (Å²) in [4.78, 5) is 14.7. The molecule has 1 aromatic carbocycles. The summed E-state index contributed by atoms with van der Waals surface area (Å²) in [6.45, 7) is 1.95. The molecule has 0 atom stereocenters. The van der Waals surface area contributed by atoms with Crippen molar-refractivity contribution in [1.82, 2.24) is 4.90 Å². The number of anilines is 1. The molecule has 0 amide bonds. The summed E-state index contributed by atoms with van der Waals surface area (Å²) in [6, 6.07) is 7.83. The Morgan fingerprint density at radius 2 is 1.78 bits per heavy atom. The first kappa shape index (κ1) is 14.3. The number of carboxylic acid groups (broad SMARTS) is 1. The number of carbonyl (C=O) groups is 1. The van der Waals surface area contributed by atoms with Crippen LogP contribution in [0.25, 0.3) is 6.08 Å². The van der Waals surface area contributed by atoms with E-state index in [9.17, 15) is 4.79 Å². The SMILES string of the molecule is CN(C)CCN(C)c1ccc(/C=C/C(=O)O)cc1. The molecule has 0 saturated carbocycles. The molecule has 0 saturated heterocycles. The highest BCUT2D eigenvalue weighted by Crippen LogP contribution is 2.14. The number of nitrogens with zero attached hydrogens (tertiary/aromatic N) is 2. The van der Waals surface area contributed by atoms with E-state index in [1.807, 2.05) is 45.4 Å². The van der Waals surface area contributed by atoms with Gasteiger partial charge in [0.1, 0.15) is 0 Å². The summed E-state index contributed by atoms with van der Waals surface area (Å²) in [7, 11) is 6.15. The van der Waals surface area contributed by atoms with Gasteiger partial charge in [-0.25, -0.2) is 4.79 Å². The van der Waals surface area contributed by atoms with Crippen LogP contribution in [-0.4, -0.2) is 50.2 Å². The van der Waals surface area contributed by atoms with Crippen LogP contribution in [0, 0.1) is 0 Å². The van der Waals surface area contributed by atoms with E-state index >= 15 is 0 Å². The van der Waals surface area contributed by atoms with Crippen LogP contribution in [0.2, 0.25) is 0 Å². The molecule has 1 rings (SSSR count). The predicted molar refractivity (Wildman–Crippen MR) is 74.9 cm³/mol. The molecule has 1 N–H and O–H groups in total.